The summed E-state index contributed by atoms with van der Waals surface area (Å²) in [5.74, 6) is 0.259. The topological polar surface area (TPSA) is 32.3 Å². The van der Waals surface area contributed by atoms with E-state index in [0.29, 0.717) is 6.42 Å². The Kier molecular flexibility index (Phi) is 4.74. The van der Waals surface area contributed by atoms with Crippen LogP contribution in [0.25, 0.3) is 16.3 Å². The minimum atomic E-state index is -0.139. The van der Waals surface area contributed by atoms with Crippen molar-refractivity contribution in [2.75, 3.05) is 24.3 Å². The summed E-state index contributed by atoms with van der Waals surface area (Å²) in [5, 5.41) is 6.15. The number of ketones is 1. The Morgan fingerprint density at radius 1 is 1.03 bits per heavy atom. The molecule has 0 amide bonds. The van der Waals surface area contributed by atoms with Gasteiger partial charge in [-0.25, -0.2) is 0 Å². The lowest BCUT2D eigenvalue weighted by atomic mass is 9.68. The van der Waals surface area contributed by atoms with Gasteiger partial charge in [0.15, 0.2) is 5.78 Å². The SMILES string of the molecule is CN(C)c1ccc([C@H]2Nc3ccc4ccccc4c3C3=C2C(=O)CC(C)(C)C3)cc1Br. The lowest BCUT2D eigenvalue weighted by molar-refractivity contribution is -0.118. The third-order valence-electron chi connectivity index (χ3n) is 6.53. The summed E-state index contributed by atoms with van der Waals surface area (Å²) in [5.41, 5.74) is 6.65. The van der Waals surface area contributed by atoms with E-state index in [1.807, 2.05) is 14.1 Å². The third kappa shape index (κ3) is 3.38. The minimum absolute atomic E-state index is 0.0403. The average Bonchev–Trinajstić information content (AvgIpc) is 2.71. The number of hydrogen-bond donors (Lipinski definition) is 1. The average molecular weight is 475 g/mol. The van der Waals surface area contributed by atoms with Crippen molar-refractivity contribution in [2.24, 2.45) is 5.41 Å². The molecule has 158 valence electrons. The zero-order valence-electron chi connectivity index (χ0n) is 18.4. The quantitative estimate of drug-likeness (QED) is 0.434. The van der Waals surface area contributed by atoms with Crippen molar-refractivity contribution in [3.05, 3.63) is 75.8 Å². The van der Waals surface area contributed by atoms with E-state index < -0.39 is 0 Å². The highest BCUT2D eigenvalue weighted by molar-refractivity contribution is 9.10. The molecule has 3 aromatic rings. The van der Waals surface area contributed by atoms with Gasteiger partial charge in [0.25, 0.3) is 0 Å². The number of nitrogens with zero attached hydrogens (tertiary/aromatic N) is 1. The Hall–Kier alpha value is -2.59. The highest BCUT2D eigenvalue weighted by Gasteiger charge is 2.40. The molecular formula is C27H27BrN2O. The summed E-state index contributed by atoms with van der Waals surface area (Å²) < 4.78 is 1.03. The number of halogens is 1. The van der Waals surface area contributed by atoms with Gasteiger partial charge in [0.05, 0.1) is 11.7 Å². The van der Waals surface area contributed by atoms with Crippen LogP contribution in [0.15, 0.2) is 64.6 Å². The zero-order valence-corrected chi connectivity index (χ0v) is 20.0. The van der Waals surface area contributed by atoms with Crippen molar-refractivity contribution < 1.29 is 4.79 Å². The van der Waals surface area contributed by atoms with Crippen LogP contribution in [0.2, 0.25) is 0 Å². The van der Waals surface area contributed by atoms with Gasteiger partial charge in [0, 0.05) is 41.8 Å². The summed E-state index contributed by atoms with van der Waals surface area (Å²) in [7, 11) is 4.07. The van der Waals surface area contributed by atoms with Crippen molar-refractivity contribution in [2.45, 2.75) is 32.7 Å². The predicted molar refractivity (Wildman–Crippen MR) is 134 cm³/mol. The molecule has 3 aromatic carbocycles. The molecule has 1 aliphatic carbocycles. The normalized spacial score (nSPS) is 19.6. The summed E-state index contributed by atoms with van der Waals surface area (Å²) >= 11 is 3.73. The van der Waals surface area contributed by atoms with Crippen LogP contribution in [0, 0.1) is 5.41 Å². The smallest absolute Gasteiger partial charge is 0.162 e. The molecule has 1 atom stereocenters. The summed E-state index contributed by atoms with van der Waals surface area (Å²) in [6.45, 7) is 4.41. The molecule has 2 aliphatic rings. The maximum atomic E-state index is 13.5. The predicted octanol–water partition coefficient (Wildman–Crippen LogP) is 6.98. The van der Waals surface area contributed by atoms with Gasteiger partial charge in [-0.3, -0.25) is 4.79 Å². The second kappa shape index (κ2) is 7.23. The monoisotopic (exact) mass is 474 g/mol. The second-order valence-electron chi connectivity index (χ2n) is 9.73. The van der Waals surface area contributed by atoms with Crippen LogP contribution in [0.5, 0.6) is 0 Å². The second-order valence-corrected chi connectivity index (χ2v) is 10.6. The van der Waals surface area contributed by atoms with Gasteiger partial charge in [-0.1, -0.05) is 50.2 Å². The van der Waals surface area contributed by atoms with Gasteiger partial charge in [-0.15, -0.1) is 0 Å². The number of carbonyl (C=O) groups excluding carboxylic acids is 1. The molecule has 0 bridgehead atoms. The summed E-state index contributed by atoms with van der Waals surface area (Å²) in [6.07, 6.45) is 1.49. The fraction of sp³-hybridized carbons (Fsp3) is 0.296. The van der Waals surface area contributed by atoms with Crippen LogP contribution in [0.1, 0.15) is 43.9 Å². The van der Waals surface area contributed by atoms with Gasteiger partial charge >= 0.3 is 0 Å². The van der Waals surface area contributed by atoms with E-state index in [1.165, 1.54) is 21.9 Å². The number of nitrogens with one attached hydrogen (secondary N) is 1. The van der Waals surface area contributed by atoms with Gasteiger partial charge < -0.3 is 10.2 Å². The number of benzene rings is 3. The Bertz CT molecular complexity index is 1260. The van der Waals surface area contributed by atoms with E-state index in [9.17, 15) is 4.79 Å². The van der Waals surface area contributed by atoms with Crippen LogP contribution in [-0.4, -0.2) is 19.9 Å². The van der Waals surface area contributed by atoms with Gasteiger partial charge in [-0.2, -0.15) is 0 Å². The molecular weight excluding hydrogens is 448 g/mol. The molecule has 0 unspecified atom stereocenters. The van der Waals surface area contributed by atoms with Gasteiger partial charge in [-0.05, 0) is 67.9 Å². The largest absolute Gasteiger partial charge is 0.377 e. The first-order chi connectivity index (χ1) is 14.7. The molecule has 0 aromatic heterocycles. The maximum Gasteiger partial charge on any atom is 0.162 e. The van der Waals surface area contributed by atoms with Crippen molar-refractivity contribution >= 4 is 49.4 Å². The molecule has 5 rings (SSSR count). The third-order valence-corrected chi connectivity index (χ3v) is 7.16. The van der Waals surface area contributed by atoms with E-state index in [4.69, 9.17) is 0 Å². The number of anilines is 2. The summed E-state index contributed by atoms with van der Waals surface area (Å²) in [4.78, 5) is 15.6. The minimum Gasteiger partial charge on any atom is -0.377 e. The standard InChI is InChI=1S/C27H27BrN2O/c1-27(2)14-19-24-18-8-6-5-7-16(18)9-11-21(24)29-26(25(19)23(31)15-27)17-10-12-22(30(3)4)20(28)13-17/h5-13,26,29H,14-15H2,1-4H3/t26-/m1/s1. The number of carbonyl (C=O) groups is 1. The Balaban J connectivity index is 1.75. The Labute approximate surface area is 192 Å². The van der Waals surface area contributed by atoms with E-state index in [0.717, 1.165) is 33.4 Å². The van der Waals surface area contributed by atoms with Crippen molar-refractivity contribution in [3.8, 4) is 0 Å². The van der Waals surface area contributed by atoms with E-state index >= 15 is 0 Å². The number of fused-ring (bicyclic) bond motifs is 4. The Morgan fingerprint density at radius 2 is 1.81 bits per heavy atom. The highest BCUT2D eigenvalue weighted by Crippen LogP contribution is 2.52. The van der Waals surface area contributed by atoms with Crippen LogP contribution in [-0.2, 0) is 4.79 Å². The zero-order chi connectivity index (χ0) is 21.9. The van der Waals surface area contributed by atoms with E-state index in [1.54, 1.807) is 0 Å². The Morgan fingerprint density at radius 3 is 2.55 bits per heavy atom. The van der Waals surface area contributed by atoms with Crippen LogP contribution < -0.4 is 10.2 Å². The molecule has 0 saturated carbocycles. The van der Waals surface area contributed by atoms with Gasteiger partial charge in [0.2, 0.25) is 0 Å². The molecule has 0 spiro atoms. The first kappa shape index (κ1) is 20.3. The lowest BCUT2D eigenvalue weighted by Crippen LogP contribution is -2.33. The van der Waals surface area contributed by atoms with E-state index in [-0.39, 0.29) is 17.2 Å². The molecule has 1 N–H and O–H groups in total. The van der Waals surface area contributed by atoms with Crippen molar-refractivity contribution in [3.63, 3.8) is 0 Å². The van der Waals surface area contributed by atoms with Crippen molar-refractivity contribution in [1.29, 1.82) is 0 Å². The molecule has 31 heavy (non-hydrogen) atoms. The number of Topliss-reactive ketones (excluding diaryl/α,β-unsaturated/α-hetero) is 1. The molecule has 0 fully saturated rings. The first-order valence-electron chi connectivity index (χ1n) is 10.8. The highest BCUT2D eigenvalue weighted by atomic mass is 79.9. The first-order valence-corrected chi connectivity index (χ1v) is 11.6. The molecule has 1 heterocycles. The molecule has 4 heteroatoms. The maximum absolute atomic E-state index is 13.5. The van der Waals surface area contributed by atoms with Gasteiger partial charge in [0.1, 0.15) is 0 Å². The van der Waals surface area contributed by atoms with Crippen LogP contribution >= 0.6 is 15.9 Å². The van der Waals surface area contributed by atoms with Crippen molar-refractivity contribution in [1.82, 2.24) is 0 Å². The molecule has 0 radical (unpaired) electrons. The molecule has 1 aliphatic heterocycles. The van der Waals surface area contributed by atoms with Crippen LogP contribution in [0.3, 0.4) is 0 Å². The number of rotatable bonds is 2. The number of allylic oxidation sites excluding steroid dienone is 1. The molecule has 3 nitrogen and oxygen atoms in total. The van der Waals surface area contributed by atoms with Crippen LogP contribution in [0.4, 0.5) is 11.4 Å². The fourth-order valence-electron chi connectivity index (χ4n) is 5.15. The number of hydrogen-bond acceptors (Lipinski definition) is 3. The fourth-order valence-corrected chi connectivity index (χ4v) is 5.90. The lowest BCUT2D eigenvalue weighted by Gasteiger charge is -2.40. The molecule has 0 saturated heterocycles. The summed E-state index contributed by atoms with van der Waals surface area (Å²) in [6, 6.07) is 19.1. The van der Waals surface area contributed by atoms with E-state index in [2.05, 4.69) is 94.6 Å².